The number of aliphatic hydroxyl groups excluding tert-OH is 3. The standard InChI is InChI=1S/C88H130N16O21/c1-3-4-28-66(98-84(120)73-49-62(109)53-104(73)87(123)71(47-58-34-36-60(107)37-35-58)102-83(119)72(54-105)95-77(112)55-125-45-44-124-43-42-92-75(110)32-18-13-11-9-7-5-6-8-10-12-14-19-33-78(113)114)79(115)99-68-38-39-76(111)91-40-23-22-29-64(56(2)106)96-82(118)70(48-59-51-94-65-30-21-20-27-63(59)65)100-80(116)67(31-24-41-93-88(89)90)97-81(117)69(46-57-25-16-15-17-26-57)101-85(121)74-50-61(108)52-103(74)86(68)122/h15-17,20-21,25-27,30,34-37,51,61-62,64,66-74,94,105,107-109H,3-14,18-19,22-24,28-29,31-33,38-50,52-55H2,1-2H3,(H,91,111)(H,92,110)(H,95,112)(H,96,118)(H,97,117)(H,98,120)(H,99,115)(H,100,116)(H,101,121)(H,102,119)(H,113,114)(H4,89,90,93)/t61-,62-,64+,66+,67+,68+,69-,70+,71+,72+,73+,74+/m1/s1. The number of nitrogens with zero attached hydrogens (tertiary/aromatic N) is 3. The van der Waals surface area contributed by atoms with Crippen molar-refractivity contribution in [1.82, 2.24) is 68.0 Å². The summed E-state index contributed by atoms with van der Waals surface area (Å²) in [6.07, 6.45) is 11.2. The van der Waals surface area contributed by atoms with Crippen LogP contribution in [-0.4, -0.2) is 267 Å². The number of aliphatic imine (C=N–C) groups is 1. The van der Waals surface area contributed by atoms with Crippen LogP contribution in [0.5, 0.6) is 5.75 Å². The maximum Gasteiger partial charge on any atom is 0.303 e. The third-order valence-corrected chi connectivity index (χ3v) is 22.3. The Kier molecular flexibility index (Phi) is 44.1. The first-order valence-electron chi connectivity index (χ1n) is 43.9. The van der Waals surface area contributed by atoms with Crippen LogP contribution in [-0.2, 0) is 95.9 Å². The van der Waals surface area contributed by atoms with E-state index in [9.17, 15) is 63.6 Å². The van der Waals surface area contributed by atoms with Gasteiger partial charge < -0.3 is 114 Å². The summed E-state index contributed by atoms with van der Waals surface area (Å²) in [6, 6.07) is 6.68. The van der Waals surface area contributed by atoms with Gasteiger partial charge in [0.2, 0.25) is 70.9 Å². The van der Waals surface area contributed by atoms with Gasteiger partial charge in [-0.05, 0) is 99.6 Å². The predicted octanol–water partition coefficient (Wildman–Crippen LogP) is 1.30. The summed E-state index contributed by atoms with van der Waals surface area (Å²) >= 11 is 0. The molecule has 688 valence electrons. The second-order valence-corrected chi connectivity index (χ2v) is 32.4. The third-order valence-electron chi connectivity index (χ3n) is 22.3. The van der Waals surface area contributed by atoms with Crippen LogP contribution in [0, 0.1) is 0 Å². The number of hydrogen-bond acceptors (Lipinski definition) is 21. The number of β-amino-alcohol motifs (C(OH)–C–C–N with tert-alkyl or cyclic N) is 1. The van der Waals surface area contributed by atoms with Gasteiger partial charge in [-0.15, -0.1) is 0 Å². The number of ketones is 1. The number of carbonyl (C=O) groups excluding carboxylic acids is 13. The number of aromatic nitrogens is 1. The Labute approximate surface area is 728 Å². The number of phenols is 1. The highest BCUT2D eigenvalue weighted by atomic mass is 16.5. The van der Waals surface area contributed by atoms with Crippen LogP contribution in [0.15, 0.2) is 90.1 Å². The van der Waals surface area contributed by atoms with Crippen molar-refractivity contribution in [2.45, 2.75) is 273 Å². The number of carboxylic acid groups (broad SMARTS) is 1. The molecule has 0 bridgehead atoms. The number of carbonyl (C=O) groups is 14. The number of benzene rings is 3. The van der Waals surface area contributed by atoms with E-state index < -0.39 is 189 Å². The van der Waals surface area contributed by atoms with Crippen molar-refractivity contribution in [1.29, 1.82) is 0 Å². The van der Waals surface area contributed by atoms with Crippen LogP contribution in [0.25, 0.3) is 10.9 Å². The van der Waals surface area contributed by atoms with E-state index in [4.69, 9.17) is 26.0 Å². The van der Waals surface area contributed by atoms with E-state index in [0.717, 1.165) is 91.3 Å². The highest BCUT2D eigenvalue weighted by molar-refractivity contribution is 6.00. The molecule has 12 atom stereocenters. The molecule has 0 saturated carbocycles. The molecule has 3 saturated heterocycles. The van der Waals surface area contributed by atoms with E-state index in [2.05, 4.69) is 63.1 Å². The number of aromatic amines is 1. The molecule has 3 aliphatic rings. The van der Waals surface area contributed by atoms with Gasteiger partial charge in [-0.25, -0.2) is 0 Å². The number of para-hydroxylation sites is 1. The molecular weight excluding hydrogens is 1620 g/mol. The van der Waals surface area contributed by atoms with Crippen LogP contribution in [0.4, 0.5) is 0 Å². The molecule has 3 fully saturated rings. The SMILES string of the molecule is CCCC[C@H](NC(=O)[C@@H]1C[C@@H](O)CN1C(=O)[C@H](Cc1ccc(O)cc1)NC(=O)[C@H](CO)NC(=O)COCCOCCNC(=O)CCCCCCCCCCCCCCC(=O)O)C(=O)N[C@H]1CCC(=O)NCCCC[C@@H](C(C)=O)NC(=O)[C@H](Cc2c[nH]c3ccccc23)NC(=O)[C@H](CCCN=C(N)N)NC(=O)[C@@H](Cc2ccccc2)NC(=O)[C@@H]2C[C@@H](O)CN2C1=O. The topological polar surface area (TPSA) is 566 Å². The Balaban J connectivity index is 1.02. The predicted molar refractivity (Wildman–Crippen MR) is 462 cm³/mol. The number of Topliss-reactive ketones (excluding diaryl/α,β-unsaturated/α-hetero) is 1. The average molecular weight is 1750 g/mol. The summed E-state index contributed by atoms with van der Waals surface area (Å²) in [4.78, 5) is 207. The van der Waals surface area contributed by atoms with Gasteiger partial charge in [0.1, 0.15) is 66.7 Å². The molecule has 37 nitrogen and oxygen atoms in total. The second kappa shape index (κ2) is 54.6. The Morgan fingerprint density at radius 3 is 1.94 bits per heavy atom. The summed E-state index contributed by atoms with van der Waals surface area (Å²) in [6.45, 7) is 1.13. The molecule has 0 spiro atoms. The Hall–Kier alpha value is -11.2. The summed E-state index contributed by atoms with van der Waals surface area (Å²) in [5.74, 6) is -11.2. The quantitative estimate of drug-likeness (QED) is 0.0168. The summed E-state index contributed by atoms with van der Waals surface area (Å²) in [7, 11) is 0. The smallest absolute Gasteiger partial charge is 0.303 e. The molecule has 3 aromatic carbocycles. The number of aliphatic carboxylic acids is 1. The van der Waals surface area contributed by atoms with Crippen molar-refractivity contribution in [3.8, 4) is 5.75 Å². The maximum atomic E-state index is 15.4. The maximum absolute atomic E-state index is 15.4. The third kappa shape index (κ3) is 35.8. The zero-order valence-electron chi connectivity index (χ0n) is 71.9. The summed E-state index contributed by atoms with van der Waals surface area (Å²) in [5.41, 5.74) is 13.6. The number of likely N-dealkylation sites (tertiary alicyclic amines) is 1. The van der Waals surface area contributed by atoms with Crippen molar-refractivity contribution in [2.24, 2.45) is 16.5 Å². The summed E-state index contributed by atoms with van der Waals surface area (Å²) < 4.78 is 11.0. The first-order valence-corrected chi connectivity index (χ1v) is 43.9. The molecule has 12 amide bonds. The van der Waals surface area contributed by atoms with E-state index in [-0.39, 0.29) is 134 Å². The van der Waals surface area contributed by atoms with Gasteiger partial charge in [-0.3, -0.25) is 72.1 Å². The number of hydrogen-bond donors (Lipinski definition) is 18. The van der Waals surface area contributed by atoms with Gasteiger partial charge in [-0.2, -0.15) is 0 Å². The zero-order valence-corrected chi connectivity index (χ0v) is 71.9. The normalized spacial score (nSPS) is 20.8. The van der Waals surface area contributed by atoms with Crippen molar-refractivity contribution in [3.05, 3.63) is 102 Å². The number of unbranched alkanes of at least 4 members (excludes halogenated alkanes) is 12. The molecule has 0 aliphatic carbocycles. The molecule has 7 rings (SSSR count). The van der Waals surface area contributed by atoms with Gasteiger partial charge in [0.15, 0.2) is 11.7 Å². The number of fused-ring (bicyclic) bond motifs is 2. The Bertz CT molecular complexity index is 4190. The lowest BCUT2D eigenvalue weighted by Gasteiger charge is -2.32. The van der Waals surface area contributed by atoms with Crippen molar-refractivity contribution in [3.63, 3.8) is 0 Å². The van der Waals surface area contributed by atoms with Crippen LogP contribution in [0.1, 0.15) is 197 Å². The van der Waals surface area contributed by atoms with Gasteiger partial charge in [0.25, 0.3) is 0 Å². The molecule has 0 radical (unpaired) electrons. The van der Waals surface area contributed by atoms with Crippen molar-refractivity contribution < 1.29 is 102 Å². The minimum Gasteiger partial charge on any atom is -0.508 e. The Morgan fingerprint density at radius 2 is 1.26 bits per heavy atom. The van der Waals surface area contributed by atoms with Crippen LogP contribution >= 0.6 is 0 Å². The largest absolute Gasteiger partial charge is 0.508 e. The highest BCUT2D eigenvalue weighted by Crippen LogP contribution is 2.26. The first-order chi connectivity index (χ1) is 60.1. The Morgan fingerprint density at radius 1 is 0.624 bits per heavy atom. The summed E-state index contributed by atoms with van der Waals surface area (Å²) in [5, 5.41) is 79.9. The van der Waals surface area contributed by atoms with Crippen molar-refractivity contribution >= 4 is 99.5 Å². The minimum atomic E-state index is -1.67. The first kappa shape index (κ1) is 101. The van der Waals surface area contributed by atoms with Gasteiger partial charge in [-0.1, -0.05) is 145 Å². The van der Waals surface area contributed by atoms with Gasteiger partial charge in [0.05, 0.1) is 44.7 Å². The fourth-order valence-electron chi connectivity index (χ4n) is 15.4. The van der Waals surface area contributed by atoms with Crippen LogP contribution < -0.4 is 64.6 Å². The lowest BCUT2D eigenvalue weighted by molar-refractivity contribution is -0.144. The van der Waals surface area contributed by atoms with E-state index >= 15 is 24.0 Å². The number of rotatable bonds is 46. The zero-order chi connectivity index (χ0) is 90.6. The van der Waals surface area contributed by atoms with E-state index in [1.54, 1.807) is 36.5 Å². The van der Waals surface area contributed by atoms with E-state index in [0.29, 0.717) is 36.0 Å². The molecule has 125 heavy (non-hydrogen) atoms. The fraction of sp³-hybridized carbons (Fsp3) is 0.602. The number of phenolic OH excluding ortho intramolecular Hbond substituents is 1. The van der Waals surface area contributed by atoms with Crippen LogP contribution in [0.3, 0.4) is 0 Å². The minimum absolute atomic E-state index is 0.0130. The number of H-pyrrole nitrogens is 1. The monoisotopic (exact) mass is 1750 g/mol. The number of guanidine groups is 1. The highest BCUT2D eigenvalue weighted by Gasteiger charge is 2.46. The molecule has 0 unspecified atom stereocenters. The average Bonchev–Trinajstić information content (AvgIpc) is 1.69. The number of aliphatic hydroxyl groups is 3. The van der Waals surface area contributed by atoms with Gasteiger partial charge in [0, 0.05) is 101 Å². The van der Waals surface area contributed by atoms with E-state index in [1.165, 1.54) is 37.6 Å². The molecular formula is C88H130N16O21. The number of carboxylic acids is 1. The number of ether oxygens (including phenoxy) is 2. The number of aromatic hydroxyl groups is 1. The second-order valence-electron chi connectivity index (χ2n) is 32.4. The lowest BCUT2D eigenvalue weighted by Crippen LogP contribution is -2.60. The number of nitrogens with one attached hydrogen (secondary N) is 11. The van der Waals surface area contributed by atoms with Crippen LogP contribution in [0.2, 0.25) is 0 Å². The molecule has 37 heteroatoms. The lowest BCUT2D eigenvalue weighted by atomic mass is 10.0. The molecule has 4 aromatic rings. The van der Waals surface area contributed by atoms with Crippen molar-refractivity contribution in [2.75, 3.05) is 65.8 Å². The number of nitrogens with two attached hydrogens (primary N) is 2. The fourth-order valence-corrected chi connectivity index (χ4v) is 15.4. The molecule has 1 aromatic heterocycles. The van der Waals surface area contributed by atoms with E-state index in [1.807, 2.05) is 31.2 Å². The molecule has 20 N–H and O–H groups in total. The molecule has 4 heterocycles. The number of amides is 12. The van der Waals surface area contributed by atoms with Gasteiger partial charge >= 0.3 is 5.97 Å². The molecule has 3 aliphatic heterocycles.